The standard InChI is InChI=1S/C26H41ClN8O7Si/c1-24(2,3)40-22(37)35(23(38)41-25(4,5)6)19-16-18(30-21(27)31-19)34(13-29-16)20-17(42-43(10,11)26(7,8)9)15(32-33-28)14(12-36)39-20/h13-15,17,20,36H,12H2,1-11H3/t14-,15-,17-,20-/m1/s1. The van der Waals surface area contributed by atoms with Gasteiger partial charge in [-0.05, 0) is 76.8 Å². The number of ether oxygens (including phenoxy) is 3. The molecule has 0 aliphatic carbocycles. The quantitative estimate of drug-likeness (QED) is 0.127. The van der Waals surface area contributed by atoms with Crippen molar-refractivity contribution in [1.82, 2.24) is 19.5 Å². The maximum Gasteiger partial charge on any atom is 0.425 e. The van der Waals surface area contributed by atoms with E-state index in [1.807, 2.05) is 13.1 Å². The minimum atomic E-state index is -2.49. The van der Waals surface area contributed by atoms with Crippen molar-refractivity contribution >= 4 is 49.1 Å². The average molecular weight is 641 g/mol. The van der Waals surface area contributed by atoms with Crippen molar-refractivity contribution in [2.75, 3.05) is 11.5 Å². The molecule has 2 aromatic heterocycles. The Hall–Kier alpha value is -3.01. The van der Waals surface area contributed by atoms with Gasteiger partial charge in [-0.3, -0.25) is 4.57 Å². The summed E-state index contributed by atoms with van der Waals surface area (Å²) in [5, 5.41) is 13.5. The van der Waals surface area contributed by atoms with E-state index in [1.165, 1.54) is 10.9 Å². The van der Waals surface area contributed by atoms with Gasteiger partial charge in [-0.1, -0.05) is 25.9 Å². The van der Waals surface area contributed by atoms with Crippen molar-refractivity contribution in [3.05, 3.63) is 22.1 Å². The van der Waals surface area contributed by atoms with Crippen LogP contribution in [0.3, 0.4) is 0 Å². The van der Waals surface area contributed by atoms with Gasteiger partial charge in [0.15, 0.2) is 31.5 Å². The van der Waals surface area contributed by atoms with Crippen molar-refractivity contribution in [1.29, 1.82) is 0 Å². The lowest BCUT2D eigenvalue weighted by Crippen LogP contribution is -2.48. The predicted molar refractivity (Wildman–Crippen MR) is 161 cm³/mol. The first-order chi connectivity index (χ1) is 19.6. The number of hydrogen-bond acceptors (Lipinski definition) is 11. The van der Waals surface area contributed by atoms with Crippen LogP contribution in [0.15, 0.2) is 11.4 Å². The summed E-state index contributed by atoms with van der Waals surface area (Å²) in [4.78, 5) is 43.2. The number of hydrogen-bond donors (Lipinski definition) is 1. The van der Waals surface area contributed by atoms with Crippen LogP contribution in [-0.4, -0.2) is 81.2 Å². The van der Waals surface area contributed by atoms with Crippen molar-refractivity contribution in [2.45, 2.75) is 116 Å². The van der Waals surface area contributed by atoms with Gasteiger partial charge in [-0.15, -0.1) is 0 Å². The van der Waals surface area contributed by atoms with E-state index in [0.29, 0.717) is 4.90 Å². The third kappa shape index (κ3) is 7.74. The summed E-state index contributed by atoms with van der Waals surface area (Å²) in [6.45, 7) is 19.7. The molecule has 0 aromatic carbocycles. The average Bonchev–Trinajstić information content (AvgIpc) is 3.37. The maximum atomic E-state index is 13.4. The molecule has 1 saturated heterocycles. The molecular weight excluding hydrogens is 600 g/mol. The number of rotatable bonds is 6. The SMILES string of the molecule is CC(C)(C)OC(=O)N(C(=O)OC(C)(C)C)c1nc(Cl)nc2c1ncn2[C@@H]1O[C@H](CO)[C@@H](N=[N+]=[N-])[C@H]1O[Si](C)(C)C(C)(C)C. The molecule has 1 aliphatic heterocycles. The van der Waals surface area contributed by atoms with Crippen LogP contribution in [0.4, 0.5) is 15.4 Å². The third-order valence-electron chi connectivity index (χ3n) is 6.93. The molecule has 0 saturated carbocycles. The fourth-order valence-electron chi connectivity index (χ4n) is 4.02. The number of carbonyl (C=O) groups excluding carboxylic acids is 2. The monoisotopic (exact) mass is 640 g/mol. The second kappa shape index (κ2) is 12.2. The summed E-state index contributed by atoms with van der Waals surface area (Å²) in [7, 11) is -2.49. The zero-order valence-electron chi connectivity index (χ0n) is 26.4. The van der Waals surface area contributed by atoms with Gasteiger partial charge in [-0.25, -0.2) is 14.6 Å². The first-order valence-electron chi connectivity index (χ1n) is 13.7. The highest BCUT2D eigenvalue weighted by Crippen LogP contribution is 2.43. The third-order valence-corrected chi connectivity index (χ3v) is 11.6. The Morgan fingerprint density at radius 1 is 1.12 bits per heavy atom. The summed E-state index contributed by atoms with van der Waals surface area (Å²) in [5.74, 6) is -0.276. The molecule has 4 atom stereocenters. The highest BCUT2D eigenvalue weighted by atomic mass is 35.5. The van der Waals surface area contributed by atoms with Gasteiger partial charge in [0.1, 0.15) is 17.3 Å². The number of fused-ring (bicyclic) bond motifs is 1. The van der Waals surface area contributed by atoms with Crippen molar-refractivity contribution in [2.24, 2.45) is 5.11 Å². The van der Waals surface area contributed by atoms with Crippen LogP contribution in [-0.2, 0) is 18.6 Å². The summed E-state index contributed by atoms with van der Waals surface area (Å²) in [6.07, 6.45) is -3.50. The number of imidazole rings is 1. The number of aliphatic hydroxyl groups excluding tert-OH is 1. The second-order valence-electron chi connectivity index (χ2n) is 13.7. The minimum Gasteiger partial charge on any atom is -0.443 e. The summed E-state index contributed by atoms with van der Waals surface area (Å²) >= 11 is 6.35. The highest BCUT2D eigenvalue weighted by Gasteiger charge is 2.51. The van der Waals surface area contributed by atoms with Gasteiger partial charge in [0.2, 0.25) is 5.28 Å². The van der Waals surface area contributed by atoms with Gasteiger partial charge in [-0.2, -0.15) is 14.9 Å². The molecular formula is C26H41ClN8O7Si. The lowest BCUT2D eigenvalue weighted by molar-refractivity contribution is -0.0462. The normalized spacial score (nSPS) is 21.4. The highest BCUT2D eigenvalue weighted by molar-refractivity contribution is 6.74. The Morgan fingerprint density at radius 2 is 1.67 bits per heavy atom. The summed E-state index contributed by atoms with van der Waals surface area (Å²) in [6, 6.07) is -0.886. The van der Waals surface area contributed by atoms with E-state index in [4.69, 9.17) is 30.2 Å². The van der Waals surface area contributed by atoms with Crippen LogP contribution >= 0.6 is 11.6 Å². The fourth-order valence-corrected chi connectivity index (χ4v) is 5.47. The molecule has 2 aromatic rings. The number of carbonyl (C=O) groups is 2. The van der Waals surface area contributed by atoms with Crippen molar-refractivity contribution in [3.63, 3.8) is 0 Å². The molecule has 238 valence electrons. The first kappa shape index (κ1) is 34.5. The number of anilines is 1. The second-order valence-corrected chi connectivity index (χ2v) is 18.8. The van der Waals surface area contributed by atoms with E-state index >= 15 is 0 Å². The zero-order valence-corrected chi connectivity index (χ0v) is 28.2. The van der Waals surface area contributed by atoms with E-state index in [9.17, 15) is 20.2 Å². The van der Waals surface area contributed by atoms with Gasteiger partial charge >= 0.3 is 12.2 Å². The van der Waals surface area contributed by atoms with Crippen molar-refractivity contribution in [3.8, 4) is 0 Å². The Balaban J connectivity index is 2.22. The Kier molecular flexibility index (Phi) is 9.76. The number of amides is 2. The van der Waals surface area contributed by atoms with Crippen molar-refractivity contribution < 1.29 is 33.3 Å². The van der Waals surface area contributed by atoms with Gasteiger partial charge < -0.3 is 23.7 Å². The predicted octanol–water partition coefficient (Wildman–Crippen LogP) is 6.12. The van der Waals surface area contributed by atoms with Crippen LogP contribution < -0.4 is 4.90 Å². The molecule has 0 spiro atoms. The van der Waals surface area contributed by atoms with Gasteiger partial charge in [0.25, 0.3) is 0 Å². The van der Waals surface area contributed by atoms with Crippen LogP contribution in [0.2, 0.25) is 23.4 Å². The van der Waals surface area contributed by atoms with Crippen LogP contribution in [0.5, 0.6) is 0 Å². The van der Waals surface area contributed by atoms with E-state index in [-0.39, 0.29) is 27.3 Å². The molecule has 43 heavy (non-hydrogen) atoms. The lowest BCUT2D eigenvalue weighted by Gasteiger charge is -2.40. The minimum absolute atomic E-state index is 0.00331. The molecule has 1 N–H and O–H groups in total. The Morgan fingerprint density at radius 3 is 2.14 bits per heavy atom. The van der Waals surface area contributed by atoms with Gasteiger partial charge in [0, 0.05) is 4.91 Å². The first-order valence-corrected chi connectivity index (χ1v) is 17.0. The van der Waals surface area contributed by atoms with Crippen LogP contribution in [0, 0.1) is 0 Å². The molecule has 3 heterocycles. The summed E-state index contributed by atoms with van der Waals surface area (Å²) in [5.41, 5.74) is 7.49. The molecule has 0 radical (unpaired) electrons. The number of azide groups is 1. The number of aliphatic hydroxyl groups is 1. The number of halogens is 1. The van der Waals surface area contributed by atoms with E-state index in [1.54, 1.807) is 41.5 Å². The number of imide groups is 1. The zero-order chi connectivity index (χ0) is 32.7. The largest absolute Gasteiger partial charge is 0.443 e. The van der Waals surface area contributed by atoms with Gasteiger partial charge in [0.05, 0.1) is 25.1 Å². The molecule has 3 rings (SSSR count). The molecule has 1 aliphatic rings. The van der Waals surface area contributed by atoms with E-state index in [0.717, 1.165) is 0 Å². The fraction of sp³-hybridized carbons (Fsp3) is 0.731. The lowest BCUT2D eigenvalue weighted by atomic mass is 10.1. The molecule has 2 amide bonds. The smallest absolute Gasteiger partial charge is 0.425 e. The van der Waals surface area contributed by atoms with Crippen LogP contribution in [0.1, 0.15) is 68.5 Å². The Bertz CT molecular complexity index is 1380. The summed E-state index contributed by atoms with van der Waals surface area (Å²) < 4.78 is 25.3. The maximum absolute atomic E-state index is 13.4. The molecule has 0 bridgehead atoms. The number of aromatic nitrogens is 4. The van der Waals surface area contributed by atoms with Crippen LogP contribution in [0.25, 0.3) is 21.6 Å². The molecule has 1 fully saturated rings. The van der Waals surface area contributed by atoms with E-state index in [2.05, 4.69) is 45.7 Å². The molecule has 17 heteroatoms. The Labute approximate surface area is 256 Å². The molecule has 15 nitrogen and oxygen atoms in total. The molecule has 0 unspecified atom stereocenters. The topological polar surface area (TPSA) is 187 Å². The number of nitrogens with zero attached hydrogens (tertiary/aromatic N) is 8. The van der Waals surface area contributed by atoms with E-state index < -0.39 is 62.8 Å².